The van der Waals surface area contributed by atoms with Crippen molar-refractivity contribution in [3.63, 3.8) is 0 Å². The van der Waals surface area contributed by atoms with Crippen LogP contribution in [0.2, 0.25) is 0 Å². The Morgan fingerprint density at radius 2 is 1.90 bits per heavy atom. The number of aromatic nitrogens is 1. The van der Waals surface area contributed by atoms with Gasteiger partial charge in [0, 0.05) is 19.6 Å². The lowest BCUT2D eigenvalue weighted by Gasteiger charge is -2.35. The van der Waals surface area contributed by atoms with Crippen molar-refractivity contribution in [3.8, 4) is 17.0 Å². The first-order valence-corrected chi connectivity index (χ1v) is 9.01. The van der Waals surface area contributed by atoms with Gasteiger partial charge in [-0.1, -0.05) is 6.07 Å². The van der Waals surface area contributed by atoms with E-state index in [1.54, 1.807) is 11.8 Å². The number of nitrogens with one attached hydrogen (secondary N) is 4. The number of nitrogen functional groups attached to an aromatic ring is 1. The SMILES string of the molecule is CC(=N)N1CCN(CC(=N)c2c(N)[nH]c(-c3c(F)cccc3F)c(O)c2=O)CC1=N. The number of piperazine rings is 1. The molecule has 158 valence electrons. The van der Waals surface area contributed by atoms with Gasteiger partial charge < -0.3 is 26.1 Å². The molecule has 1 aliphatic rings. The zero-order valence-corrected chi connectivity index (χ0v) is 16.1. The molecular weight excluding hydrogens is 396 g/mol. The van der Waals surface area contributed by atoms with E-state index in [0.29, 0.717) is 13.1 Å². The van der Waals surface area contributed by atoms with E-state index in [-0.39, 0.29) is 41.9 Å². The van der Waals surface area contributed by atoms with Gasteiger partial charge in [0.05, 0.1) is 34.9 Å². The van der Waals surface area contributed by atoms with Crippen LogP contribution in [-0.4, -0.2) is 63.5 Å². The molecule has 0 amide bonds. The maximum atomic E-state index is 14.1. The Bertz CT molecular complexity index is 1090. The Labute approximate surface area is 170 Å². The van der Waals surface area contributed by atoms with Crippen molar-refractivity contribution in [1.82, 2.24) is 14.8 Å². The maximum Gasteiger partial charge on any atom is 0.235 e. The summed E-state index contributed by atoms with van der Waals surface area (Å²) in [5, 5.41) is 34.2. The quantitative estimate of drug-likeness (QED) is 0.329. The number of nitrogens with two attached hydrogens (primary N) is 1. The summed E-state index contributed by atoms with van der Waals surface area (Å²) in [5.41, 5.74) is 3.23. The molecule has 1 aromatic heterocycles. The van der Waals surface area contributed by atoms with Crippen LogP contribution in [0.3, 0.4) is 0 Å². The Morgan fingerprint density at radius 1 is 1.27 bits per heavy atom. The maximum absolute atomic E-state index is 14.1. The number of rotatable bonds is 4. The van der Waals surface area contributed by atoms with Crippen molar-refractivity contribution in [3.05, 3.63) is 45.6 Å². The van der Waals surface area contributed by atoms with Crippen molar-refractivity contribution in [2.75, 3.05) is 31.9 Å². The second-order valence-electron chi connectivity index (χ2n) is 6.94. The van der Waals surface area contributed by atoms with E-state index in [0.717, 1.165) is 18.2 Å². The molecule has 0 unspecified atom stereocenters. The Kier molecular flexibility index (Phi) is 5.65. The van der Waals surface area contributed by atoms with Gasteiger partial charge in [-0.3, -0.25) is 20.5 Å². The van der Waals surface area contributed by atoms with Gasteiger partial charge in [-0.15, -0.1) is 0 Å². The van der Waals surface area contributed by atoms with Crippen LogP contribution < -0.4 is 11.2 Å². The highest BCUT2D eigenvalue weighted by Crippen LogP contribution is 2.31. The third kappa shape index (κ3) is 3.79. The number of halogens is 2. The Hall–Kier alpha value is -3.60. The topological polar surface area (TPSA) is 157 Å². The van der Waals surface area contributed by atoms with Crippen molar-refractivity contribution in [2.24, 2.45) is 0 Å². The van der Waals surface area contributed by atoms with E-state index in [2.05, 4.69) is 4.98 Å². The third-order valence-corrected chi connectivity index (χ3v) is 4.85. The van der Waals surface area contributed by atoms with Crippen molar-refractivity contribution < 1.29 is 13.9 Å². The number of hydrogen-bond acceptors (Lipinski definition) is 7. The number of amidine groups is 2. The van der Waals surface area contributed by atoms with Gasteiger partial charge in [0.25, 0.3) is 0 Å². The first-order chi connectivity index (χ1) is 14.1. The zero-order valence-electron chi connectivity index (χ0n) is 16.1. The molecule has 0 spiro atoms. The lowest BCUT2D eigenvalue weighted by molar-refractivity contribution is 0.292. The Morgan fingerprint density at radius 3 is 2.47 bits per heavy atom. The van der Waals surface area contributed by atoms with Gasteiger partial charge >= 0.3 is 0 Å². The molecule has 1 fully saturated rings. The number of aromatic amines is 1. The number of aromatic hydroxyl groups is 1. The lowest BCUT2D eigenvalue weighted by atomic mass is 10.0. The molecule has 0 atom stereocenters. The number of anilines is 1. The van der Waals surface area contributed by atoms with E-state index in [9.17, 15) is 18.7 Å². The molecule has 0 bridgehead atoms. The number of hydrogen-bond donors (Lipinski definition) is 6. The smallest absolute Gasteiger partial charge is 0.235 e. The minimum Gasteiger partial charge on any atom is -0.503 e. The molecule has 0 saturated carbocycles. The summed E-state index contributed by atoms with van der Waals surface area (Å²) in [5.74, 6) is -2.77. The molecule has 11 heteroatoms. The lowest BCUT2D eigenvalue weighted by Crippen LogP contribution is -2.52. The monoisotopic (exact) mass is 417 g/mol. The molecule has 2 aromatic rings. The van der Waals surface area contributed by atoms with E-state index in [1.807, 2.05) is 0 Å². The zero-order chi connectivity index (χ0) is 22.2. The fourth-order valence-electron chi connectivity index (χ4n) is 3.39. The number of nitrogens with zero attached hydrogens (tertiary/aromatic N) is 2. The highest BCUT2D eigenvalue weighted by atomic mass is 19.1. The fraction of sp³-hybridized carbons (Fsp3) is 0.263. The van der Waals surface area contributed by atoms with Crippen molar-refractivity contribution >= 4 is 23.2 Å². The van der Waals surface area contributed by atoms with Crippen LogP contribution >= 0.6 is 0 Å². The number of H-pyrrole nitrogens is 1. The highest BCUT2D eigenvalue weighted by molar-refractivity contribution is 6.04. The second-order valence-corrected chi connectivity index (χ2v) is 6.94. The van der Waals surface area contributed by atoms with Crippen LogP contribution in [0.5, 0.6) is 5.75 Å². The first kappa shape index (κ1) is 21.1. The summed E-state index contributed by atoms with van der Waals surface area (Å²) in [6.07, 6.45) is 0. The van der Waals surface area contributed by atoms with E-state index in [4.69, 9.17) is 22.0 Å². The van der Waals surface area contributed by atoms with Crippen LogP contribution in [0, 0.1) is 27.9 Å². The summed E-state index contributed by atoms with van der Waals surface area (Å²) in [6.45, 7) is 2.55. The summed E-state index contributed by atoms with van der Waals surface area (Å²) >= 11 is 0. The van der Waals surface area contributed by atoms with Crippen LogP contribution in [0.15, 0.2) is 23.0 Å². The molecule has 1 aliphatic heterocycles. The van der Waals surface area contributed by atoms with Crippen molar-refractivity contribution in [2.45, 2.75) is 6.92 Å². The first-order valence-electron chi connectivity index (χ1n) is 9.01. The summed E-state index contributed by atoms with van der Waals surface area (Å²) in [4.78, 5) is 18.4. The van der Waals surface area contributed by atoms with Crippen LogP contribution in [0.4, 0.5) is 14.6 Å². The largest absolute Gasteiger partial charge is 0.503 e. The van der Waals surface area contributed by atoms with E-state index >= 15 is 0 Å². The standard InChI is InChI=1S/C19H21F2N7O2/c1-9(22)28-6-5-27(8-13(28)24)7-12(23)15-17(29)18(30)16(26-19(15)25)14-10(20)3-2-4-11(14)21/h2-4,22-24,30H,5-8H2,1H3,(H3,25,26,29). The molecule has 1 saturated heterocycles. The fourth-order valence-corrected chi connectivity index (χ4v) is 3.39. The average molecular weight is 417 g/mol. The number of benzene rings is 1. The van der Waals surface area contributed by atoms with E-state index < -0.39 is 34.1 Å². The van der Waals surface area contributed by atoms with Gasteiger partial charge in [-0.05, 0) is 19.1 Å². The Balaban J connectivity index is 1.90. The van der Waals surface area contributed by atoms with E-state index in [1.165, 1.54) is 4.90 Å². The molecule has 7 N–H and O–H groups in total. The van der Waals surface area contributed by atoms with Gasteiger partial charge in [-0.25, -0.2) is 8.78 Å². The summed E-state index contributed by atoms with van der Waals surface area (Å²) < 4.78 is 28.1. The predicted octanol–water partition coefficient (Wildman–Crippen LogP) is 1.57. The van der Waals surface area contributed by atoms with Crippen LogP contribution in [-0.2, 0) is 0 Å². The summed E-state index contributed by atoms with van der Waals surface area (Å²) in [6, 6.07) is 3.11. The molecule has 2 heterocycles. The van der Waals surface area contributed by atoms with Gasteiger partial charge in [0.2, 0.25) is 5.43 Å². The normalized spacial score (nSPS) is 14.8. The molecule has 3 rings (SSSR count). The third-order valence-electron chi connectivity index (χ3n) is 4.85. The molecule has 0 radical (unpaired) electrons. The van der Waals surface area contributed by atoms with Gasteiger partial charge in [-0.2, -0.15) is 0 Å². The van der Waals surface area contributed by atoms with Gasteiger partial charge in [0.15, 0.2) is 5.75 Å². The van der Waals surface area contributed by atoms with Crippen molar-refractivity contribution in [1.29, 1.82) is 16.2 Å². The molecular formula is C19H21F2N7O2. The van der Waals surface area contributed by atoms with Crippen LogP contribution in [0.25, 0.3) is 11.3 Å². The number of pyridine rings is 1. The highest BCUT2D eigenvalue weighted by Gasteiger charge is 2.26. The van der Waals surface area contributed by atoms with Crippen LogP contribution in [0.1, 0.15) is 12.5 Å². The molecule has 1 aromatic carbocycles. The molecule has 9 nitrogen and oxygen atoms in total. The average Bonchev–Trinajstić information content (AvgIpc) is 2.65. The van der Waals surface area contributed by atoms with Gasteiger partial charge in [0.1, 0.15) is 23.3 Å². The minimum absolute atomic E-state index is 0.0343. The second kappa shape index (κ2) is 8.03. The minimum atomic E-state index is -1.02. The predicted molar refractivity (Wildman–Crippen MR) is 110 cm³/mol. The molecule has 30 heavy (non-hydrogen) atoms. The molecule has 0 aliphatic carbocycles. The summed E-state index contributed by atoms with van der Waals surface area (Å²) in [7, 11) is 0.